The van der Waals surface area contributed by atoms with Gasteiger partial charge in [0.15, 0.2) is 21.0 Å². The maximum Gasteiger partial charge on any atom is 0.326 e. The highest BCUT2D eigenvalue weighted by Gasteiger charge is 2.20. The van der Waals surface area contributed by atoms with Crippen LogP contribution in [0.4, 0.5) is 11.5 Å². The van der Waals surface area contributed by atoms with Gasteiger partial charge in [-0.3, -0.25) is 9.98 Å². The van der Waals surface area contributed by atoms with Crippen LogP contribution in [0, 0.1) is 0 Å². The number of aromatic amines is 2. The molecule has 6 rings (SSSR count). The number of aromatic hydroxyl groups is 1. The van der Waals surface area contributed by atoms with Gasteiger partial charge < -0.3 is 15.4 Å². The van der Waals surface area contributed by atoms with Crippen molar-refractivity contribution in [3.8, 4) is 5.88 Å². The summed E-state index contributed by atoms with van der Waals surface area (Å²) in [7, 11) is -3.38. The first-order valence-corrected chi connectivity index (χ1v) is 14.3. The van der Waals surface area contributed by atoms with Crippen molar-refractivity contribution >= 4 is 39.1 Å². The summed E-state index contributed by atoms with van der Waals surface area (Å²) in [6, 6.07) is 18.0. The van der Waals surface area contributed by atoms with Crippen LogP contribution in [0.25, 0.3) is 17.8 Å². The van der Waals surface area contributed by atoms with E-state index in [1.165, 1.54) is 0 Å². The Labute approximate surface area is 228 Å². The maximum absolute atomic E-state index is 12.5. The van der Waals surface area contributed by atoms with Gasteiger partial charge in [-0.05, 0) is 48.7 Å². The molecule has 0 radical (unpaired) electrons. The van der Waals surface area contributed by atoms with E-state index in [0.29, 0.717) is 27.1 Å². The molecule has 1 aliphatic rings. The summed E-state index contributed by atoms with van der Waals surface area (Å²) in [6.45, 7) is 0. The van der Waals surface area contributed by atoms with Gasteiger partial charge in [0.2, 0.25) is 5.88 Å². The number of anilines is 2. The van der Waals surface area contributed by atoms with Crippen LogP contribution in [0.1, 0.15) is 24.1 Å². The first kappa shape index (κ1) is 25.3. The van der Waals surface area contributed by atoms with E-state index in [1.807, 2.05) is 30.3 Å². The third-order valence-electron chi connectivity index (χ3n) is 6.29. The molecule has 0 bridgehead atoms. The van der Waals surface area contributed by atoms with E-state index in [2.05, 4.69) is 20.4 Å². The predicted molar refractivity (Wildman–Crippen MR) is 151 cm³/mol. The number of sulfone groups is 1. The lowest BCUT2D eigenvalue weighted by molar-refractivity contribution is 0.454. The van der Waals surface area contributed by atoms with E-state index in [-0.39, 0.29) is 23.4 Å². The number of nitrogens with zero attached hydrogens (tertiary/aromatic N) is 4. The Balaban J connectivity index is 1.26. The number of hydrogen-bond donors (Lipinski definition) is 4. The Morgan fingerprint density at radius 2 is 1.88 bits per heavy atom. The lowest BCUT2D eigenvalue weighted by Crippen LogP contribution is -2.19. The molecule has 202 valence electrons. The van der Waals surface area contributed by atoms with Gasteiger partial charge in [-0.1, -0.05) is 42.5 Å². The largest absolute Gasteiger partial charge is 0.493 e. The molecule has 4 N–H and O–H groups in total. The van der Waals surface area contributed by atoms with Gasteiger partial charge in [0.25, 0.3) is 0 Å². The van der Waals surface area contributed by atoms with Gasteiger partial charge >= 0.3 is 5.69 Å². The zero-order valence-electron chi connectivity index (χ0n) is 21.2. The zero-order valence-corrected chi connectivity index (χ0v) is 22.0. The lowest BCUT2D eigenvalue weighted by Gasteiger charge is -2.07. The number of imidazole rings is 1. The zero-order chi connectivity index (χ0) is 27.7. The van der Waals surface area contributed by atoms with Gasteiger partial charge in [0.1, 0.15) is 11.5 Å². The molecule has 12 heteroatoms. The second-order valence-corrected chi connectivity index (χ2v) is 11.5. The molecule has 1 saturated carbocycles. The van der Waals surface area contributed by atoms with Crippen molar-refractivity contribution in [2.45, 2.75) is 23.8 Å². The number of benzene rings is 2. The minimum atomic E-state index is -3.38. The lowest BCUT2D eigenvalue weighted by atomic mass is 10.2. The average Bonchev–Trinajstić information content (AvgIpc) is 3.58. The predicted octanol–water partition coefficient (Wildman–Crippen LogP) is 2.29. The summed E-state index contributed by atoms with van der Waals surface area (Å²) >= 11 is 0. The maximum atomic E-state index is 12.5. The van der Waals surface area contributed by atoms with E-state index < -0.39 is 15.5 Å². The highest BCUT2D eigenvalue weighted by molar-refractivity contribution is 7.91. The van der Waals surface area contributed by atoms with Crippen LogP contribution in [0.2, 0.25) is 0 Å². The average molecular weight is 556 g/mol. The summed E-state index contributed by atoms with van der Waals surface area (Å²) in [4.78, 5) is 26.1. The molecule has 0 unspecified atom stereocenters. The molecule has 0 saturated heterocycles. The van der Waals surface area contributed by atoms with Crippen molar-refractivity contribution < 1.29 is 13.5 Å². The van der Waals surface area contributed by atoms with Crippen LogP contribution in [-0.2, 0) is 9.84 Å². The van der Waals surface area contributed by atoms with Crippen molar-refractivity contribution in [3.05, 3.63) is 105 Å². The molecule has 1 fully saturated rings. The number of hydrogen-bond acceptors (Lipinski definition) is 8. The van der Waals surface area contributed by atoms with E-state index in [1.54, 1.807) is 59.3 Å². The first-order chi connectivity index (χ1) is 19.3. The molecule has 0 aliphatic heterocycles. The SMILES string of the molecule is O=c1[nH]c(O)c(C=c2cnn3c(=NC4CC4)cc(Nc4ccc(/C=C/CS(=O)(=O)c5ccccc5)cc4)nc23)[nH]1. The molecule has 1 aliphatic carbocycles. The molecule has 11 nitrogen and oxygen atoms in total. The Morgan fingerprint density at radius 1 is 1.10 bits per heavy atom. The van der Waals surface area contributed by atoms with Crippen LogP contribution in [0.3, 0.4) is 0 Å². The molecule has 0 amide bonds. The molecular formula is C28H25N7O4S. The van der Waals surface area contributed by atoms with Crippen molar-refractivity contribution in [1.29, 1.82) is 0 Å². The highest BCUT2D eigenvalue weighted by atomic mass is 32.2. The quantitative estimate of drug-likeness (QED) is 0.229. The molecule has 3 aromatic heterocycles. The van der Waals surface area contributed by atoms with Crippen LogP contribution in [0.5, 0.6) is 5.88 Å². The number of rotatable bonds is 8. The topological polar surface area (TPSA) is 158 Å². The second kappa shape index (κ2) is 10.3. The van der Waals surface area contributed by atoms with Crippen LogP contribution >= 0.6 is 0 Å². The van der Waals surface area contributed by atoms with E-state index in [4.69, 9.17) is 9.98 Å². The van der Waals surface area contributed by atoms with Gasteiger partial charge in [-0.2, -0.15) is 9.61 Å². The molecule has 2 aromatic carbocycles. The van der Waals surface area contributed by atoms with Crippen LogP contribution in [0.15, 0.2) is 87.6 Å². The van der Waals surface area contributed by atoms with Crippen molar-refractivity contribution in [2.75, 3.05) is 11.1 Å². The molecule has 5 aromatic rings. The van der Waals surface area contributed by atoms with Gasteiger partial charge in [0, 0.05) is 17.0 Å². The number of nitrogens with one attached hydrogen (secondary N) is 3. The third kappa shape index (κ3) is 5.57. The van der Waals surface area contributed by atoms with Crippen LogP contribution < -0.4 is 21.7 Å². The van der Waals surface area contributed by atoms with E-state index >= 15 is 0 Å². The normalized spacial score (nSPS) is 14.9. The molecule has 0 spiro atoms. The fourth-order valence-electron chi connectivity index (χ4n) is 4.12. The summed E-state index contributed by atoms with van der Waals surface area (Å²) in [5.41, 5.74) is 2.48. The number of aromatic nitrogens is 5. The van der Waals surface area contributed by atoms with E-state index in [9.17, 15) is 18.3 Å². The van der Waals surface area contributed by atoms with Crippen molar-refractivity contribution in [3.63, 3.8) is 0 Å². The molecule has 40 heavy (non-hydrogen) atoms. The Kier molecular flexibility index (Phi) is 6.52. The van der Waals surface area contributed by atoms with E-state index in [0.717, 1.165) is 24.1 Å². The fraction of sp³-hybridized carbons (Fsp3) is 0.143. The highest BCUT2D eigenvalue weighted by Crippen LogP contribution is 2.23. The molecule has 0 atom stereocenters. The van der Waals surface area contributed by atoms with Crippen molar-refractivity contribution in [2.24, 2.45) is 4.99 Å². The first-order valence-electron chi connectivity index (χ1n) is 12.6. The fourth-order valence-corrected chi connectivity index (χ4v) is 5.23. The summed E-state index contributed by atoms with van der Waals surface area (Å²) in [5, 5.41) is 18.3. The minimum absolute atomic E-state index is 0.0899. The molecular weight excluding hydrogens is 530 g/mol. The Bertz CT molecular complexity index is 2000. The van der Waals surface area contributed by atoms with Crippen molar-refractivity contribution in [1.82, 2.24) is 24.6 Å². The van der Waals surface area contributed by atoms with Gasteiger partial charge in [-0.15, -0.1) is 0 Å². The third-order valence-corrected chi connectivity index (χ3v) is 7.91. The number of fused-ring (bicyclic) bond motifs is 1. The smallest absolute Gasteiger partial charge is 0.326 e. The van der Waals surface area contributed by atoms with Crippen LogP contribution in [-0.4, -0.2) is 49.9 Å². The summed E-state index contributed by atoms with van der Waals surface area (Å²) < 4.78 is 26.6. The van der Waals surface area contributed by atoms with Gasteiger partial charge in [-0.25, -0.2) is 18.2 Å². The second-order valence-electron chi connectivity index (χ2n) is 9.42. The Morgan fingerprint density at radius 3 is 2.58 bits per heavy atom. The molecule has 3 heterocycles. The Hall–Kier alpha value is -4.97. The monoisotopic (exact) mass is 555 g/mol. The summed E-state index contributed by atoms with van der Waals surface area (Å²) in [6.07, 6.45) is 8.64. The standard InChI is InChI=1S/C28H25N7O4S/c36-27-23(32-28(37)34-27)15-19-17-29-35-25(31-21-12-13-21)16-24(33-26(19)35)30-20-10-8-18(9-11-20)5-4-14-40(38,39)22-6-2-1-3-7-22/h1-11,15-17,21,30,36H,12-14H2,(H2,32,34,37)/b5-4+,19-15?,31-25?. The number of H-pyrrole nitrogens is 2. The minimum Gasteiger partial charge on any atom is -0.493 e. The summed E-state index contributed by atoms with van der Waals surface area (Å²) in [5.74, 6) is 0.187. The van der Waals surface area contributed by atoms with Gasteiger partial charge in [0.05, 0.1) is 22.9 Å².